The second kappa shape index (κ2) is 10.3. The van der Waals surface area contributed by atoms with Crippen LogP contribution in [0.2, 0.25) is 0 Å². The van der Waals surface area contributed by atoms with Crippen molar-refractivity contribution in [1.82, 2.24) is 29.9 Å². The molecule has 24 heavy (non-hydrogen) atoms. The third-order valence-electron chi connectivity index (χ3n) is 3.76. The molecule has 1 aliphatic heterocycles. The number of hydrogen-bond acceptors (Lipinski definition) is 5. The number of carbonyl (C=O) groups is 1. The summed E-state index contributed by atoms with van der Waals surface area (Å²) in [5.41, 5.74) is 0. The summed E-state index contributed by atoms with van der Waals surface area (Å²) in [6.45, 7) is 8.37. The van der Waals surface area contributed by atoms with E-state index in [9.17, 15) is 4.79 Å². The third-order valence-corrected chi connectivity index (χ3v) is 3.76. The normalized spacial score (nSPS) is 15.0. The van der Waals surface area contributed by atoms with Crippen molar-refractivity contribution >= 4 is 36.0 Å². The molecule has 2 heterocycles. The average molecular weight is 451 g/mol. The molecule has 1 aliphatic rings. The highest BCUT2D eigenvalue weighted by atomic mass is 127. The summed E-state index contributed by atoms with van der Waals surface area (Å²) in [7, 11) is 1.75. The van der Waals surface area contributed by atoms with Gasteiger partial charge < -0.3 is 24.4 Å². The molecule has 0 spiro atoms. The lowest BCUT2D eigenvalue weighted by Crippen LogP contribution is -2.53. The molecule has 0 aliphatic carbocycles. The van der Waals surface area contributed by atoms with Gasteiger partial charge in [0.15, 0.2) is 11.8 Å². The lowest BCUT2D eigenvalue weighted by Gasteiger charge is -2.35. The van der Waals surface area contributed by atoms with Crippen LogP contribution in [0.5, 0.6) is 0 Å². The molecular weight excluding hydrogens is 425 g/mol. The number of amides is 1. The van der Waals surface area contributed by atoms with E-state index in [4.69, 9.17) is 4.74 Å². The van der Waals surface area contributed by atoms with Gasteiger partial charge in [0.25, 0.3) is 0 Å². The molecular formula is C14H26IN7O2. The van der Waals surface area contributed by atoms with Crippen LogP contribution >= 0.6 is 24.0 Å². The average Bonchev–Trinajstić information content (AvgIpc) is 3.04. The summed E-state index contributed by atoms with van der Waals surface area (Å²) in [5, 5.41) is 11.3. The van der Waals surface area contributed by atoms with E-state index < -0.39 is 0 Å². The maximum absolute atomic E-state index is 11.7. The van der Waals surface area contributed by atoms with Crippen LogP contribution in [-0.4, -0.2) is 76.5 Å². The highest BCUT2D eigenvalue weighted by molar-refractivity contribution is 14.0. The van der Waals surface area contributed by atoms with Crippen molar-refractivity contribution in [3.05, 3.63) is 12.2 Å². The maximum atomic E-state index is 11.7. The second-order valence-corrected chi connectivity index (χ2v) is 5.11. The van der Waals surface area contributed by atoms with Crippen molar-refractivity contribution in [2.24, 2.45) is 4.99 Å². The molecule has 2 rings (SSSR count). The predicted molar refractivity (Wildman–Crippen MR) is 101 cm³/mol. The van der Waals surface area contributed by atoms with Crippen molar-refractivity contribution in [1.29, 1.82) is 0 Å². The Kier molecular flexibility index (Phi) is 8.79. The molecule has 136 valence electrons. The molecule has 1 aromatic rings. The Morgan fingerprint density at radius 3 is 2.54 bits per heavy atom. The van der Waals surface area contributed by atoms with E-state index in [1.54, 1.807) is 18.3 Å². The first-order valence-electron chi connectivity index (χ1n) is 7.93. The van der Waals surface area contributed by atoms with Gasteiger partial charge in [0.1, 0.15) is 6.33 Å². The van der Waals surface area contributed by atoms with E-state index in [2.05, 4.69) is 32.3 Å². The molecule has 0 unspecified atom stereocenters. The van der Waals surface area contributed by atoms with Gasteiger partial charge in [-0.3, -0.25) is 4.99 Å². The molecule has 1 amide bonds. The molecule has 0 bridgehead atoms. The zero-order valence-electron chi connectivity index (χ0n) is 14.4. The van der Waals surface area contributed by atoms with E-state index >= 15 is 0 Å². The number of halogens is 1. The Morgan fingerprint density at radius 2 is 1.96 bits per heavy atom. The quantitative estimate of drug-likeness (QED) is 0.414. The lowest BCUT2D eigenvalue weighted by molar-refractivity contribution is 0.0914. The van der Waals surface area contributed by atoms with E-state index in [0.29, 0.717) is 26.2 Å². The number of nitrogens with zero attached hydrogens (tertiary/aromatic N) is 6. The molecule has 1 aromatic heterocycles. The second-order valence-electron chi connectivity index (χ2n) is 5.11. The van der Waals surface area contributed by atoms with Gasteiger partial charge >= 0.3 is 6.09 Å². The zero-order chi connectivity index (χ0) is 16.7. The van der Waals surface area contributed by atoms with Crippen LogP contribution in [0, 0.1) is 0 Å². The van der Waals surface area contributed by atoms with Crippen molar-refractivity contribution in [2.45, 2.75) is 26.9 Å². The number of nitrogens with one attached hydrogen (secondary N) is 1. The van der Waals surface area contributed by atoms with Crippen molar-refractivity contribution < 1.29 is 9.53 Å². The first-order valence-corrected chi connectivity index (χ1v) is 7.93. The highest BCUT2D eigenvalue weighted by Gasteiger charge is 2.23. The fraction of sp³-hybridized carbons (Fsp3) is 0.714. The van der Waals surface area contributed by atoms with Gasteiger partial charge in [-0.25, -0.2) is 4.79 Å². The Labute approximate surface area is 159 Å². The summed E-state index contributed by atoms with van der Waals surface area (Å²) in [6.07, 6.45) is 1.48. The summed E-state index contributed by atoms with van der Waals surface area (Å²) >= 11 is 0. The maximum Gasteiger partial charge on any atom is 0.409 e. The van der Waals surface area contributed by atoms with E-state index in [1.807, 2.05) is 11.5 Å². The molecule has 1 saturated heterocycles. The molecule has 0 aromatic carbocycles. The summed E-state index contributed by atoms with van der Waals surface area (Å²) in [6, 6.07) is 0. The number of aryl methyl sites for hydroxylation is 1. The van der Waals surface area contributed by atoms with Crippen molar-refractivity contribution in [2.75, 3.05) is 39.8 Å². The van der Waals surface area contributed by atoms with Crippen LogP contribution in [0.1, 0.15) is 19.7 Å². The summed E-state index contributed by atoms with van der Waals surface area (Å²) < 4.78 is 7.02. The number of hydrogen-bond donors (Lipinski definition) is 1. The van der Waals surface area contributed by atoms with E-state index in [1.165, 1.54) is 0 Å². The Bertz CT molecular complexity index is 541. The lowest BCUT2D eigenvalue weighted by atomic mass is 10.3. The number of aromatic nitrogens is 3. The highest BCUT2D eigenvalue weighted by Crippen LogP contribution is 2.05. The first-order chi connectivity index (χ1) is 11.2. The van der Waals surface area contributed by atoms with Crippen LogP contribution in [0.15, 0.2) is 11.3 Å². The van der Waals surface area contributed by atoms with Gasteiger partial charge in [0, 0.05) is 39.8 Å². The van der Waals surface area contributed by atoms with E-state index in [0.717, 1.165) is 31.4 Å². The third kappa shape index (κ3) is 5.21. The number of guanidine groups is 1. The monoisotopic (exact) mass is 451 g/mol. The summed E-state index contributed by atoms with van der Waals surface area (Å²) in [4.78, 5) is 19.9. The van der Waals surface area contributed by atoms with Gasteiger partial charge in [-0.15, -0.1) is 34.2 Å². The minimum Gasteiger partial charge on any atom is -0.450 e. The SMILES string of the molecule is CCOC(=O)N1CCN(C(=NC)NCc2nncn2CC)CC1.I. The number of carbonyl (C=O) groups excluding carboxylic acids is 1. The molecule has 0 atom stereocenters. The van der Waals surface area contributed by atoms with Gasteiger partial charge in [0.2, 0.25) is 0 Å². The fourth-order valence-electron chi connectivity index (χ4n) is 2.49. The molecule has 9 nitrogen and oxygen atoms in total. The molecule has 0 radical (unpaired) electrons. The molecule has 1 N–H and O–H groups in total. The first kappa shape index (κ1) is 20.5. The number of rotatable bonds is 4. The predicted octanol–water partition coefficient (Wildman–Crippen LogP) is 0.766. The summed E-state index contributed by atoms with van der Waals surface area (Å²) in [5.74, 6) is 1.68. The van der Waals surface area contributed by atoms with Crippen LogP contribution < -0.4 is 5.32 Å². The zero-order valence-corrected chi connectivity index (χ0v) is 16.8. The van der Waals surface area contributed by atoms with Crippen LogP contribution in [-0.2, 0) is 17.8 Å². The van der Waals surface area contributed by atoms with Crippen LogP contribution in [0.3, 0.4) is 0 Å². The molecule has 1 fully saturated rings. The van der Waals surface area contributed by atoms with Crippen molar-refractivity contribution in [3.8, 4) is 0 Å². The van der Waals surface area contributed by atoms with Crippen molar-refractivity contribution in [3.63, 3.8) is 0 Å². The topological polar surface area (TPSA) is 87.9 Å². The Morgan fingerprint density at radius 1 is 1.29 bits per heavy atom. The number of piperazine rings is 1. The van der Waals surface area contributed by atoms with Gasteiger partial charge in [0.05, 0.1) is 13.2 Å². The number of ether oxygens (including phenoxy) is 1. The smallest absolute Gasteiger partial charge is 0.409 e. The minimum atomic E-state index is -0.244. The standard InChI is InChI=1S/C14H25N7O2.HI/c1-4-19-11-17-18-12(19)10-16-13(15-3)20-6-8-21(9-7-20)14(22)23-5-2;/h11H,4-10H2,1-3H3,(H,15,16);1H. The fourth-order valence-corrected chi connectivity index (χ4v) is 2.49. The number of aliphatic imine (C=N–C) groups is 1. The molecule has 0 saturated carbocycles. The molecule has 10 heteroatoms. The minimum absolute atomic E-state index is 0. The van der Waals surface area contributed by atoms with Crippen LogP contribution in [0.25, 0.3) is 0 Å². The van der Waals surface area contributed by atoms with E-state index in [-0.39, 0.29) is 30.1 Å². The largest absolute Gasteiger partial charge is 0.450 e. The van der Waals surface area contributed by atoms with Gasteiger partial charge in [-0.2, -0.15) is 0 Å². The van der Waals surface area contributed by atoms with Gasteiger partial charge in [-0.05, 0) is 13.8 Å². The van der Waals surface area contributed by atoms with Crippen LogP contribution in [0.4, 0.5) is 4.79 Å². The van der Waals surface area contributed by atoms with Gasteiger partial charge in [-0.1, -0.05) is 0 Å². The Hall–Kier alpha value is -1.59. The Balaban J connectivity index is 0.00000288.